The SMILES string of the molecule is CC[C@H](C)c1ccccc1OCC(=O)Nc1ccc(S(=O)(=O)N2CCC(C)CC2)cc1. The second-order valence-electron chi connectivity index (χ2n) is 8.29. The summed E-state index contributed by atoms with van der Waals surface area (Å²) in [6.07, 6.45) is 2.75. The fourth-order valence-electron chi connectivity index (χ4n) is 3.66. The first-order valence-electron chi connectivity index (χ1n) is 10.9. The van der Waals surface area contributed by atoms with E-state index < -0.39 is 10.0 Å². The van der Waals surface area contributed by atoms with Gasteiger partial charge in [-0.05, 0) is 67.0 Å². The van der Waals surface area contributed by atoms with Gasteiger partial charge in [0.2, 0.25) is 10.0 Å². The predicted molar refractivity (Wildman–Crippen MR) is 123 cm³/mol. The highest BCUT2D eigenvalue weighted by Gasteiger charge is 2.27. The van der Waals surface area contributed by atoms with Crippen molar-refractivity contribution >= 4 is 21.6 Å². The summed E-state index contributed by atoms with van der Waals surface area (Å²) >= 11 is 0. The average Bonchev–Trinajstić information content (AvgIpc) is 2.78. The highest BCUT2D eigenvalue weighted by Crippen LogP contribution is 2.28. The number of nitrogens with zero attached hydrogens (tertiary/aromatic N) is 1. The Labute approximate surface area is 185 Å². The maximum absolute atomic E-state index is 12.8. The van der Waals surface area contributed by atoms with E-state index in [1.807, 2.05) is 24.3 Å². The molecule has 1 aliphatic heterocycles. The first-order chi connectivity index (χ1) is 14.8. The van der Waals surface area contributed by atoms with E-state index in [4.69, 9.17) is 4.74 Å². The average molecular weight is 445 g/mol. The molecule has 3 rings (SSSR count). The lowest BCUT2D eigenvalue weighted by Crippen LogP contribution is -2.37. The summed E-state index contributed by atoms with van der Waals surface area (Å²) in [6.45, 7) is 7.38. The molecule has 2 aromatic rings. The number of carbonyl (C=O) groups excluding carboxylic acids is 1. The number of piperidine rings is 1. The second-order valence-corrected chi connectivity index (χ2v) is 10.2. The number of hydrogen-bond acceptors (Lipinski definition) is 4. The zero-order valence-electron chi connectivity index (χ0n) is 18.5. The number of amides is 1. The third kappa shape index (κ3) is 5.86. The first-order valence-corrected chi connectivity index (χ1v) is 12.4. The maximum atomic E-state index is 12.8. The quantitative estimate of drug-likeness (QED) is 0.644. The van der Waals surface area contributed by atoms with Gasteiger partial charge in [-0.25, -0.2) is 8.42 Å². The fraction of sp³-hybridized carbons (Fsp3) is 0.458. The molecule has 1 saturated heterocycles. The Hall–Kier alpha value is -2.38. The minimum absolute atomic E-state index is 0.112. The van der Waals surface area contributed by atoms with Gasteiger partial charge >= 0.3 is 0 Å². The minimum Gasteiger partial charge on any atom is -0.483 e. The van der Waals surface area contributed by atoms with Crippen LogP contribution < -0.4 is 10.1 Å². The van der Waals surface area contributed by atoms with E-state index in [2.05, 4.69) is 26.1 Å². The van der Waals surface area contributed by atoms with Crippen LogP contribution in [-0.4, -0.2) is 38.3 Å². The van der Waals surface area contributed by atoms with Crippen LogP contribution in [0, 0.1) is 5.92 Å². The molecule has 0 spiro atoms. The van der Waals surface area contributed by atoms with Crippen LogP contribution >= 0.6 is 0 Å². The predicted octanol–water partition coefficient (Wildman–Crippen LogP) is 4.64. The summed E-state index contributed by atoms with van der Waals surface area (Å²) in [5.41, 5.74) is 1.62. The summed E-state index contributed by atoms with van der Waals surface area (Å²) < 4.78 is 32.9. The molecule has 1 N–H and O–H groups in total. The van der Waals surface area contributed by atoms with Crippen LogP contribution in [0.25, 0.3) is 0 Å². The molecule has 7 heteroatoms. The highest BCUT2D eigenvalue weighted by molar-refractivity contribution is 7.89. The van der Waals surface area contributed by atoms with Crippen LogP contribution in [0.1, 0.15) is 51.5 Å². The molecule has 0 unspecified atom stereocenters. The Morgan fingerprint density at radius 3 is 2.42 bits per heavy atom. The molecule has 1 heterocycles. The third-order valence-corrected chi connectivity index (χ3v) is 7.85. The zero-order chi connectivity index (χ0) is 22.4. The van der Waals surface area contributed by atoms with Crippen molar-refractivity contribution in [3.05, 3.63) is 54.1 Å². The van der Waals surface area contributed by atoms with Crippen LogP contribution in [0.15, 0.2) is 53.4 Å². The number of benzene rings is 2. The van der Waals surface area contributed by atoms with Crippen molar-refractivity contribution in [3.8, 4) is 5.75 Å². The van der Waals surface area contributed by atoms with Crippen LogP contribution in [-0.2, 0) is 14.8 Å². The number of para-hydroxylation sites is 1. The van der Waals surface area contributed by atoms with Gasteiger partial charge in [-0.3, -0.25) is 4.79 Å². The Kier molecular flexibility index (Phi) is 7.73. The number of carbonyl (C=O) groups is 1. The maximum Gasteiger partial charge on any atom is 0.262 e. The second kappa shape index (κ2) is 10.3. The van der Waals surface area contributed by atoms with Gasteiger partial charge in [0.1, 0.15) is 5.75 Å². The van der Waals surface area contributed by atoms with E-state index in [1.54, 1.807) is 28.6 Å². The van der Waals surface area contributed by atoms with Crippen LogP contribution in [0.2, 0.25) is 0 Å². The lowest BCUT2D eigenvalue weighted by molar-refractivity contribution is -0.118. The lowest BCUT2D eigenvalue weighted by atomic mass is 9.98. The molecule has 1 aliphatic rings. The van der Waals surface area contributed by atoms with E-state index in [9.17, 15) is 13.2 Å². The lowest BCUT2D eigenvalue weighted by Gasteiger charge is -2.29. The summed E-state index contributed by atoms with van der Waals surface area (Å²) in [4.78, 5) is 12.6. The minimum atomic E-state index is -3.50. The van der Waals surface area contributed by atoms with Crippen LogP contribution in [0.4, 0.5) is 5.69 Å². The summed E-state index contributed by atoms with van der Waals surface area (Å²) in [7, 11) is -3.50. The standard InChI is InChI=1S/C24H32N2O4S/c1-4-19(3)22-7-5-6-8-23(22)30-17-24(27)25-20-9-11-21(12-10-20)31(28,29)26-15-13-18(2)14-16-26/h5-12,18-19H,4,13-17H2,1-3H3,(H,25,27)/t19-/m0/s1. The highest BCUT2D eigenvalue weighted by atomic mass is 32.2. The normalized spacial score (nSPS) is 16.6. The van der Waals surface area contributed by atoms with Crippen LogP contribution in [0.3, 0.4) is 0 Å². The summed E-state index contributed by atoms with van der Waals surface area (Å²) in [6, 6.07) is 14.1. The molecule has 1 atom stereocenters. The molecular weight excluding hydrogens is 412 g/mol. The number of hydrogen-bond donors (Lipinski definition) is 1. The molecule has 2 aromatic carbocycles. The Bertz CT molecular complexity index is 981. The van der Waals surface area contributed by atoms with Gasteiger partial charge in [0.15, 0.2) is 6.61 Å². The topological polar surface area (TPSA) is 75.7 Å². The van der Waals surface area contributed by atoms with E-state index in [0.29, 0.717) is 36.4 Å². The van der Waals surface area contributed by atoms with Crippen molar-refractivity contribution in [2.24, 2.45) is 5.92 Å². The molecule has 6 nitrogen and oxygen atoms in total. The summed E-state index contributed by atoms with van der Waals surface area (Å²) in [5.74, 6) is 1.32. The van der Waals surface area contributed by atoms with E-state index in [1.165, 1.54) is 0 Å². The molecule has 0 aromatic heterocycles. The molecule has 168 valence electrons. The molecule has 1 amide bonds. The number of ether oxygens (including phenoxy) is 1. The van der Waals surface area contributed by atoms with Gasteiger partial charge in [-0.1, -0.05) is 39.0 Å². The Morgan fingerprint density at radius 1 is 1.13 bits per heavy atom. The number of sulfonamides is 1. The van der Waals surface area contributed by atoms with Gasteiger partial charge in [-0.2, -0.15) is 4.31 Å². The largest absolute Gasteiger partial charge is 0.483 e. The fourth-order valence-corrected chi connectivity index (χ4v) is 5.13. The molecule has 0 saturated carbocycles. The Morgan fingerprint density at radius 2 is 1.77 bits per heavy atom. The van der Waals surface area contributed by atoms with E-state index in [-0.39, 0.29) is 17.4 Å². The van der Waals surface area contributed by atoms with Crippen molar-refractivity contribution in [2.45, 2.75) is 50.8 Å². The van der Waals surface area contributed by atoms with Crippen molar-refractivity contribution in [1.82, 2.24) is 4.31 Å². The smallest absolute Gasteiger partial charge is 0.262 e. The van der Waals surface area contributed by atoms with Gasteiger partial charge < -0.3 is 10.1 Å². The molecular formula is C24H32N2O4S. The van der Waals surface area contributed by atoms with Crippen LogP contribution in [0.5, 0.6) is 5.75 Å². The molecule has 0 aliphatic carbocycles. The first kappa shape index (κ1) is 23.3. The van der Waals surface area contributed by atoms with Gasteiger partial charge in [-0.15, -0.1) is 0 Å². The molecule has 0 bridgehead atoms. The number of nitrogens with one attached hydrogen (secondary N) is 1. The zero-order valence-corrected chi connectivity index (χ0v) is 19.3. The number of rotatable bonds is 8. The van der Waals surface area contributed by atoms with E-state index >= 15 is 0 Å². The third-order valence-electron chi connectivity index (χ3n) is 5.94. The van der Waals surface area contributed by atoms with Crippen molar-refractivity contribution in [1.29, 1.82) is 0 Å². The molecule has 0 radical (unpaired) electrons. The molecule has 31 heavy (non-hydrogen) atoms. The van der Waals surface area contributed by atoms with E-state index in [0.717, 1.165) is 24.8 Å². The van der Waals surface area contributed by atoms with Gasteiger partial charge in [0.05, 0.1) is 4.90 Å². The Balaban J connectivity index is 1.58. The number of anilines is 1. The van der Waals surface area contributed by atoms with Crippen molar-refractivity contribution < 1.29 is 17.9 Å². The monoisotopic (exact) mass is 444 g/mol. The summed E-state index contributed by atoms with van der Waals surface area (Å²) in [5, 5.41) is 2.77. The van der Waals surface area contributed by atoms with Gasteiger partial charge in [0.25, 0.3) is 5.91 Å². The molecule has 1 fully saturated rings. The van der Waals surface area contributed by atoms with Gasteiger partial charge in [0, 0.05) is 18.8 Å². The van der Waals surface area contributed by atoms with Crippen molar-refractivity contribution in [3.63, 3.8) is 0 Å². The van der Waals surface area contributed by atoms with Crippen molar-refractivity contribution in [2.75, 3.05) is 25.0 Å².